The van der Waals surface area contributed by atoms with Crippen LogP contribution in [0.15, 0.2) is 35.7 Å². The number of ketones is 1. The molecule has 0 unspecified atom stereocenters. The number of hydrogen-bond acceptors (Lipinski definition) is 4. The van der Waals surface area contributed by atoms with Crippen molar-refractivity contribution >= 4 is 28.7 Å². The minimum Gasteiger partial charge on any atom is -0.507 e. The van der Waals surface area contributed by atoms with Crippen LogP contribution in [0.2, 0.25) is 0 Å². The maximum absolute atomic E-state index is 11.8. The number of hydrogen-bond donors (Lipinski definition) is 2. The lowest BCUT2D eigenvalue weighted by Crippen LogP contribution is -2.10. The molecule has 0 fully saturated rings. The van der Waals surface area contributed by atoms with E-state index in [1.165, 1.54) is 30.4 Å². The highest BCUT2D eigenvalue weighted by atomic mass is 32.1. The summed E-state index contributed by atoms with van der Waals surface area (Å²) in [5.74, 6) is -0.568. The summed E-state index contributed by atoms with van der Waals surface area (Å²) >= 11 is 1.34. The predicted molar refractivity (Wildman–Crippen MR) is 70.4 cm³/mol. The number of phenolic OH excluding ortho intramolecular Hbond substituents is 1. The quantitative estimate of drug-likeness (QED) is 0.659. The van der Waals surface area contributed by atoms with E-state index >= 15 is 0 Å². The van der Waals surface area contributed by atoms with Crippen molar-refractivity contribution in [1.29, 1.82) is 0 Å². The van der Waals surface area contributed by atoms with E-state index < -0.39 is 0 Å². The standard InChI is InChI=1S/C13H11NO3S/c1-8(15)10-7-9(4-5-11(10)16)14-13(17)12-3-2-6-18-12/h2-7,16H,1H3,(H,14,17). The van der Waals surface area contributed by atoms with Gasteiger partial charge in [-0.1, -0.05) is 6.07 Å². The first-order valence-electron chi connectivity index (χ1n) is 5.27. The highest BCUT2D eigenvalue weighted by molar-refractivity contribution is 7.12. The maximum Gasteiger partial charge on any atom is 0.265 e. The third kappa shape index (κ3) is 2.57. The molecule has 5 heteroatoms. The SMILES string of the molecule is CC(=O)c1cc(NC(=O)c2cccs2)ccc1O. The van der Waals surface area contributed by atoms with Gasteiger partial charge in [-0.15, -0.1) is 11.3 Å². The molecule has 0 spiro atoms. The minimum atomic E-state index is -0.250. The number of thiophene rings is 1. The zero-order valence-electron chi connectivity index (χ0n) is 9.64. The Morgan fingerprint density at radius 2 is 2.06 bits per heavy atom. The average Bonchev–Trinajstić information content (AvgIpc) is 2.85. The maximum atomic E-state index is 11.8. The van der Waals surface area contributed by atoms with Gasteiger partial charge in [0.15, 0.2) is 5.78 Å². The van der Waals surface area contributed by atoms with Crippen LogP contribution in [0.4, 0.5) is 5.69 Å². The van der Waals surface area contributed by atoms with Crippen LogP contribution in [0, 0.1) is 0 Å². The largest absolute Gasteiger partial charge is 0.507 e. The lowest BCUT2D eigenvalue weighted by molar-refractivity contribution is 0.100. The molecule has 1 aromatic carbocycles. The van der Waals surface area contributed by atoms with E-state index in [9.17, 15) is 14.7 Å². The Hall–Kier alpha value is -2.14. The van der Waals surface area contributed by atoms with Crippen molar-refractivity contribution in [3.63, 3.8) is 0 Å². The van der Waals surface area contributed by atoms with Gasteiger partial charge in [-0.05, 0) is 36.6 Å². The van der Waals surface area contributed by atoms with Crippen molar-refractivity contribution in [3.05, 3.63) is 46.2 Å². The van der Waals surface area contributed by atoms with Gasteiger partial charge in [0.1, 0.15) is 5.75 Å². The van der Waals surface area contributed by atoms with Gasteiger partial charge in [0.2, 0.25) is 0 Å². The molecule has 0 aliphatic heterocycles. The third-order valence-corrected chi connectivity index (χ3v) is 3.25. The zero-order chi connectivity index (χ0) is 13.1. The zero-order valence-corrected chi connectivity index (χ0v) is 10.5. The van der Waals surface area contributed by atoms with Gasteiger partial charge in [0.25, 0.3) is 5.91 Å². The van der Waals surface area contributed by atoms with Crippen molar-refractivity contribution < 1.29 is 14.7 Å². The second-order valence-electron chi connectivity index (χ2n) is 3.72. The third-order valence-electron chi connectivity index (χ3n) is 2.38. The molecule has 1 heterocycles. The van der Waals surface area contributed by atoms with Crippen LogP contribution in [-0.2, 0) is 0 Å². The first-order valence-corrected chi connectivity index (χ1v) is 6.14. The van der Waals surface area contributed by atoms with E-state index in [4.69, 9.17) is 0 Å². The molecule has 0 radical (unpaired) electrons. The summed E-state index contributed by atoms with van der Waals surface area (Å²) in [6, 6.07) is 7.90. The van der Waals surface area contributed by atoms with Crippen molar-refractivity contribution in [1.82, 2.24) is 0 Å². The van der Waals surface area contributed by atoms with Crippen LogP contribution in [0.1, 0.15) is 27.0 Å². The number of amides is 1. The normalized spacial score (nSPS) is 10.1. The molecule has 0 bridgehead atoms. The van der Waals surface area contributed by atoms with Crippen molar-refractivity contribution in [2.45, 2.75) is 6.92 Å². The Balaban J connectivity index is 2.22. The summed E-state index contributed by atoms with van der Waals surface area (Å²) in [6.07, 6.45) is 0. The van der Waals surface area contributed by atoms with Gasteiger partial charge >= 0.3 is 0 Å². The monoisotopic (exact) mass is 261 g/mol. The van der Waals surface area contributed by atoms with Gasteiger partial charge in [-0.25, -0.2) is 0 Å². The number of carbonyl (C=O) groups excluding carboxylic acids is 2. The number of phenols is 1. The van der Waals surface area contributed by atoms with Crippen molar-refractivity contribution in [2.24, 2.45) is 0 Å². The first-order chi connectivity index (χ1) is 8.58. The first kappa shape index (κ1) is 12.3. The smallest absolute Gasteiger partial charge is 0.265 e. The van der Waals surface area contributed by atoms with Gasteiger partial charge in [0, 0.05) is 5.69 Å². The Bertz CT molecular complexity index is 590. The summed E-state index contributed by atoms with van der Waals surface area (Å²) in [5, 5.41) is 14.0. The lowest BCUT2D eigenvalue weighted by Gasteiger charge is -2.06. The van der Waals surface area contributed by atoms with Crippen LogP contribution in [0.3, 0.4) is 0 Å². The summed E-state index contributed by atoms with van der Waals surface area (Å²) in [7, 11) is 0. The van der Waals surface area contributed by atoms with E-state index in [0.717, 1.165) is 0 Å². The summed E-state index contributed by atoms with van der Waals surface area (Å²) in [5.41, 5.74) is 0.676. The number of anilines is 1. The van der Waals surface area contributed by atoms with Crippen LogP contribution in [-0.4, -0.2) is 16.8 Å². The van der Waals surface area contributed by atoms with E-state index in [2.05, 4.69) is 5.32 Å². The molecule has 0 atom stereocenters. The van der Waals surface area contributed by atoms with E-state index in [-0.39, 0.29) is 23.0 Å². The van der Waals surface area contributed by atoms with Crippen molar-refractivity contribution in [3.8, 4) is 5.75 Å². The number of benzene rings is 1. The molecule has 18 heavy (non-hydrogen) atoms. The summed E-state index contributed by atoms with van der Waals surface area (Å²) < 4.78 is 0. The summed E-state index contributed by atoms with van der Waals surface area (Å²) in [6.45, 7) is 1.36. The molecule has 2 rings (SSSR count). The van der Waals surface area contributed by atoms with Crippen LogP contribution in [0.5, 0.6) is 5.75 Å². The lowest BCUT2D eigenvalue weighted by atomic mass is 10.1. The molecule has 4 nitrogen and oxygen atoms in total. The highest BCUT2D eigenvalue weighted by Gasteiger charge is 2.10. The van der Waals surface area contributed by atoms with E-state index in [1.54, 1.807) is 18.2 Å². The minimum absolute atomic E-state index is 0.0865. The fourth-order valence-electron chi connectivity index (χ4n) is 1.50. The van der Waals surface area contributed by atoms with Crippen LogP contribution >= 0.6 is 11.3 Å². The second kappa shape index (κ2) is 5.01. The summed E-state index contributed by atoms with van der Waals surface area (Å²) in [4.78, 5) is 23.6. The Morgan fingerprint density at radius 3 is 2.67 bits per heavy atom. The molecule has 92 valence electrons. The van der Waals surface area contributed by atoms with Crippen LogP contribution < -0.4 is 5.32 Å². The molecular weight excluding hydrogens is 250 g/mol. The Kier molecular flexibility index (Phi) is 3.43. The second-order valence-corrected chi connectivity index (χ2v) is 4.67. The van der Waals surface area contributed by atoms with Gasteiger partial charge in [-0.2, -0.15) is 0 Å². The molecule has 0 aliphatic carbocycles. The molecule has 2 N–H and O–H groups in total. The molecule has 1 amide bonds. The van der Waals surface area contributed by atoms with Crippen LogP contribution in [0.25, 0.3) is 0 Å². The molecule has 0 aliphatic rings. The number of nitrogens with one attached hydrogen (secondary N) is 1. The Morgan fingerprint density at radius 1 is 1.28 bits per heavy atom. The fourth-order valence-corrected chi connectivity index (χ4v) is 2.12. The van der Waals surface area contributed by atoms with Gasteiger partial charge < -0.3 is 10.4 Å². The van der Waals surface area contributed by atoms with E-state index in [0.29, 0.717) is 10.6 Å². The number of aromatic hydroxyl groups is 1. The number of Topliss-reactive ketones (excluding diaryl/α,β-unsaturated/α-hetero) is 1. The molecule has 0 saturated heterocycles. The molecule has 2 aromatic rings. The molecule has 1 aromatic heterocycles. The molecule has 0 saturated carbocycles. The molecular formula is C13H11NO3S. The van der Waals surface area contributed by atoms with Gasteiger partial charge in [0.05, 0.1) is 10.4 Å². The fraction of sp³-hybridized carbons (Fsp3) is 0.0769. The topological polar surface area (TPSA) is 66.4 Å². The number of carbonyl (C=O) groups is 2. The predicted octanol–water partition coefficient (Wildman–Crippen LogP) is 2.91. The Labute approximate surface area is 108 Å². The highest BCUT2D eigenvalue weighted by Crippen LogP contribution is 2.22. The van der Waals surface area contributed by atoms with E-state index in [1.807, 2.05) is 5.38 Å². The van der Waals surface area contributed by atoms with Crippen molar-refractivity contribution in [2.75, 3.05) is 5.32 Å². The average molecular weight is 261 g/mol. The number of rotatable bonds is 3. The van der Waals surface area contributed by atoms with Gasteiger partial charge in [-0.3, -0.25) is 9.59 Å².